The van der Waals surface area contributed by atoms with Crippen LogP contribution in [-0.4, -0.2) is 44.7 Å². The standard InChI is InChI=1S/C19H19N3O5S/c1-25-12-5-6-13-16(9-12)28-19(21-13)22-17(23)10-20-18(24)11-4-7-14(26-2)15(8-11)27-3/h4-9H,10H2,1-3H3,(H,20,24)(H,21,22,23). The summed E-state index contributed by atoms with van der Waals surface area (Å²) in [6, 6.07) is 10.2. The summed E-state index contributed by atoms with van der Waals surface area (Å²) < 4.78 is 16.4. The highest BCUT2D eigenvalue weighted by Crippen LogP contribution is 2.29. The molecule has 0 aliphatic carbocycles. The fraction of sp³-hybridized carbons (Fsp3) is 0.211. The minimum Gasteiger partial charge on any atom is -0.497 e. The van der Waals surface area contributed by atoms with E-state index in [-0.39, 0.29) is 12.5 Å². The van der Waals surface area contributed by atoms with Crippen LogP contribution in [0, 0.1) is 0 Å². The van der Waals surface area contributed by atoms with Crippen LogP contribution in [0.2, 0.25) is 0 Å². The third kappa shape index (κ3) is 4.32. The lowest BCUT2D eigenvalue weighted by molar-refractivity contribution is -0.115. The molecule has 0 atom stereocenters. The fourth-order valence-electron chi connectivity index (χ4n) is 2.49. The molecule has 3 rings (SSSR count). The number of fused-ring (bicyclic) bond motifs is 1. The lowest BCUT2D eigenvalue weighted by Crippen LogP contribution is -2.32. The van der Waals surface area contributed by atoms with E-state index in [0.717, 1.165) is 16.0 Å². The van der Waals surface area contributed by atoms with Gasteiger partial charge in [0.2, 0.25) is 5.91 Å². The smallest absolute Gasteiger partial charge is 0.251 e. The van der Waals surface area contributed by atoms with Crippen LogP contribution in [0.25, 0.3) is 10.2 Å². The molecule has 146 valence electrons. The van der Waals surface area contributed by atoms with Gasteiger partial charge in [-0.1, -0.05) is 11.3 Å². The number of carbonyl (C=O) groups excluding carboxylic acids is 2. The second kappa shape index (κ2) is 8.57. The van der Waals surface area contributed by atoms with E-state index in [4.69, 9.17) is 14.2 Å². The van der Waals surface area contributed by atoms with Crippen LogP contribution in [0.3, 0.4) is 0 Å². The second-order valence-corrected chi connectivity index (χ2v) is 6.68. The van der Waals surface area contributed by atoms with Crippen LogP contribution in [0.5, 0.6) is 17.2 Å². The van der Waals surface area contributed by atoms with Crippen LogP contribution in [-0.2, 0) is 4.79 Å². The number of methoxy groups -OCH3 is 3. The van der Waals surface area contributed by atoms with E-state index >= 15 is 0 Å². The molecular weight excluding hydrogens is 382 g/mol. The summed E-state index contributed by atoms with van der Waals surface area (Å²) in [5, 5.41) is 5.71. The van der Waals surface area contributed by atoms with Crippen molar-refractivity contribution in [3.05, 3.63) is 42.0 Å². The van der Waals surface area contributed by atoms with Gasteiger partial charge in [0.1, 0.15) is 5.75 Å². The van der Waals surface area contributed by atoms with Crippen molar-refractivity contribution in [3.8, 4) is 17.2 Å². The first-order chi connectivity index (χ1) is 13.5. The van der Waals surface area contributed by atoms with Crippen molar-refractivity contribution in [2.24, 2.45) is 0 Å². The molecule has 1 aromatic heterocycles. The number of nitrogens with one attached hydrogen (secondary N) is 2. The van der Waals surface area contributed by atoms with Crippen molar-refractivity contribution in [3.63, 3.8) is 0 Å². The lowest BCUT2D eigenvalue weighted by atomic mass is 10.2. The van der Waals surface area contributed by atoms with E-state index in [1.165, 1.54) is 25.6 Å². The van der Waals surface area contributed by atoms with E-state index in [2.05, 4.69) is 15.6 Å². The van der Waals surface area contributed by atoms with E-state index in [1.54, 1.807) is 31.4 Å². The Balaban J connectivity index is 1.60. The van der Waals surface area contributed by atoms with Crippen molar-refractivity contribution in [2.45, 2.75) is 0 Å². The predicted octanol–water partition coefficient (Wildman–Crippen LogP) is 2.69. The van der Waals surface area contributed by atoms with Crippen molar-refractivity contribution in [2.75, 3.05) is 33.2 Å². The monoisotopic (exact) mass is 401 g/mol. The number of thiazole rings is 1. The third-order valence-corrected chi connectivity index (χ3v) is 4.83. The van der Waals surface area contributed by atoms with Gasteiger partial charge in [-0.2, -0.15) is 0 Å². The van der Waals surface area contributed by atoms with Gasteiger partial charge >= 0.3 is 0 Å². The number of aromatic nitrogens is 1. The summed E-state index contributed by atoms with van der Waals surface area (Å²) in [7, 11) is 4.59. The molecule has 9 heteroatoms. The van der Waals surface area contributed by atoms with E-state index < -0.39 is 5.91 Å². The van der Waals surface area contributed by atoms with Gasteiger partial charge in [0, 0.05) is 5.56 Å². The molecular formula is C19H19N3O5S. The Labute approximate surface area is 165 Å². The predicted molar refractivity (Wildman–Crippen MR) is 107 cm³/mol. The minimum absolute atomic E-state index is 0.188. The second-order valence-electron chi connectivity index (χ2n) is 5.65. The fourth-order valence-corrected chi connectivity index (χ4v) is 3.40. The highest BCUT2D eigenvalue weighted by Gasteiger charge is 2.13. The first kappa shape index (κ1) is 19.4. The number of benzene rings is 2. The van der Waals surface area contributed by atoms with Gasteiger partial charge in [-0.25, -0.2) is 4.98 Å². The number of amides is 2. The summed E-state index contributed by atoms with van der Waals surface area (Å²) in [6.45, 7) is -0.188. The number of ether oxygens (including phenoxy) is 3. The maximum atomic E-state index is 12.3. The molecule has 0 bridgehead atoms. The highest BCUT2D eigenvalue weighted by molar-refractivity contribution is 7.22. The molecule has 8 nitrogen and oxygen atoms in total. The van der Waals surface area contributed by atoms with Crippen LogP contribution in [0.4, 0.5) is 5.13 Å². The van der Waals surface area contributed by atoms with Gasteiger partial charge in [0.25, 0.3) is 5.91 Å². The summed E-state index contributed by atoms with van der Waals surface area (Å²) >= 11 is 1.33. The summed E-state index contributed by atoms with van der Waals surface area (Å²) in [5.41, 5.74) is 1.12. The summed E-state index contributed by atoms with van der Waals surface area (Å²) in [6.07, 6.45) is 0. The van der Waals surface area contributed by atoms with Crippen LogP contribution >= 0.6 is 11.3 Å². The molecule has 0 saturated heterocycles. The van der Waals surface area contributed by atoms with Gasteiger partial charge in [-0.05, 0) is 36.4 Å². The first-order valence-corrected chi connectivity index (χ1v) is 9.10. The van der Waals surface area contributed by atoms with Gasteiger partial charge in [0.15, 0.2) is 16.6 Å². The molecule has 3 aromatic rings. The average Bonchev–Trinajstić information content (AvgIpc) is 3.12. The van der Waals surface area contributed by atoms with Crippen molar-refractivity contribution >= 4 is 38.5 Å². The zero-order valence-electron chi connectivity index (χ0n) is 15.6. The number of hydrogen-bond donors (Lipinski definition) is 2. The first-order valence-electron chi connectivity index (χ1n) is 8.28. The van der Waals surface area contributed by atoms with Crippen LogP contribution in [0.15, 0.2) is 36.4 Å². The molecule has 0 saturated carbocycles. The quantitative estimate of drug-likeness (QED) is 0.632. The van der Waals surface area contributed by atoms with Gasteiger partial charge in [-0.3, -0.25) is 9.59 Å². The molecule has 28 heavy (non-hydrogen) atoms. The Morgan fingerprint density at radius 3 is 2.50 bits per heavy atom. The molecule has 0 radical (unpaired) electrons. The Hall–Kier alpha value is -3.33. The van der Waals surface area contributed by atoms with Crippen molar-refractivity contribution in [1.82, 2.24) is 10.3 Å². The van der Waals surface area contributed by atoms with Crippen LogP contribution in [0.1, 0.15) is 10.4 Å². The van der Waals surface area contributed by atoms with Gasteiger partial charge < -0.3 is 24.8 Å². The molecule has 0 aliphatic rings. The number of rotatable bonds is 7. The normalized spacial score (nSPS) is 10.4. The Morgan fingerprint density at radius 1 is 1.00 bits per heavy atom. The van der Waals surface area contributed by atoms with Gasteiger partial charge in [0.05, 0.1) is 38.1 Å². The number of nitrogens with zero attached hydrogens (tertiary/aromatic N) is 1. The number of carbonyl (C=O) groups is 2. The van der Waals surface area contributed by atoms with Gasteiger partial charge in [-0.15, -0.1) is 0 Å². The maximum Gasteiger partial charge on any atom is 0.251 e. The summed E-state index contributed by atoms with van der Waals surface area (Å²) in [5.74, 6) is 0.898. The molecule has 0 aliphatic heterocycles. The van der Waals surface area contributed by atoms with E-state index in [9.17, 15) is 9.59 Å². The number of anilines is 1. The third-order valence-electron chi connectivity index (χ3n) is 3.90. The van der Waals surface area contributed by atoms with Crippen molar-refractivity contribution in [1.29, 1.82) is 0 Å². The molecule has 0 fully saturated rings. The Morgan fingerprint density at radius 2 is 1.79 bits per heavy atom. The zero-order valence-corrected chi connectivity index (χ0v) is 16.4. The van der Waals surface area contributed by atoms with Crippen LogP contribution < -0.4 is 24.8 Å². The average molecular weight is 401 g/mol. The Kier molecular flexibility index (Phi) is 5.95. The highest BCUT2D eigenvalue weighted by atomic mass is 32.1. The molecule has 2 amide bonds. The molecule has 0 unspecified atom stereocenters. The topological polar surface area (TPSA) is 98.8 Å². The SMILES string of the molecule is COc1ccc2nc(NC(=O)CNC(=O)c3ccc(OC)c(OC)c3)sc2c1. The number of hydrogen-bond acceptors (Lipinski definition) is 7. The largest absolute Gasteiger partial charge is 0.497 e. The molecule has 2 N–H and O–H groups in total. The summed E-state index contributed by atoms with van der Waals surface area (Å²) in [4.78, 5) is 28.8. The van der Waals surface area contributed by atoms with E-state index in [1.807, 2.05) is 12.1 Å². The zero-order chi connectivity index (χ0) is 20.1. The lowest BCUT2D eigenvalue weighted by Gasteiger charge is -2.09. The molecule has 2 aromatic carbocycles. The van der Waals surface area contributed by atoms with Crippen molar-refractivity contribution < 1.29 is 23.8 Å². The Bertz CT molecular complexity index is 1020. The minimum atomic E-state index is -0.398. The van der Waals surface area contributed by atoms with E-state index in [0.29, 0.717) is 22.2 Å². The molecule has 1 heterocycles. The maximum absolute atomic E-state index is 12.3. The molecule has 0 spiro atoms.